The Morgan fingerprint density at radius 1 is 1.57 bits per heavy atom. The van der Waals surface area contributed by atoms with E-state index in [4.69, 9.17) is 0 Å². The van der Waals surface area contributed by atoms with Crippen LogP contribution in [0.1, 0.15) is 0 Å². The summed E-state index contributed by atoms with van der Waals surface area (Å²) in [6, 6.07) is 0. The summed E-state index contributed by atoms with van der Waals surface area (Å²) in [5.41, 5.74) is 0. The largest absolute Gasteiger partial charge is 0.448 e. The number of ether oxygens (including phenoxy) is 1. The topological polar surface area (TPSA) is 49.9 Å². The molecule has 0 aromatic heterocycles. The third kappa shape index (κ3) is 1.64. The van der Waals surface area contributed by atoms with Gasteiger partial charge in [-0.2, -0.15) is 0 Å². The first-order valence-electron chi connectivity index (χ1n) is 4.50. The molecule has 0 radical (unpaired) electrons. The first-order chi connectivity index (χ1) is 6.66. The van der Waals surface area contributed by atoms with E-state index in [9.17, 15) is 14.0 Å². The van der Waals surface area contributed by atoms with E-state index in [1.807, 2.05) is 0 Å². The molecule has 0 saturated carbocycles. The Morgan fingerprint density at radius 3 is 2.79 bits per heavy atom. The highest BCUT2D eigenvalue weighted by molar-refractivity contribution is 5.83. The van der Waals surface area contributed by atoms with Gasteiger partial charge in [0.05, 0.1) is 19.6 Å². The molecule has 0 N–H and O–H groups in total. The van der Waals surface area contributed by atoms with Crippen molar-refractivity contribution in [2.45, 2.75) is 6.17 Å². The summed E-state index contributed by atoms with van der Waals surface area (Å²) in [5.74, 6) is -0.210. The molecule has 2 saturated heterocycles. The van der Waals surface area contributed by atoms with Crippen LogP contribution in [0.2, 0.25) is 0 Å². The van der Waals surface area contributed by atoms with Crippen LogP contribution in [0, 0.1) is 0 Å². The van der Waals surface area contributed by atoms with Gasteiger partial charge in [-0.25, -0.2) is 9.18 Å². The first-order valence-corrected chi connectivity index (χ1v) is 4.50. The predicted molar refractivity (Wildman–Crippen MR) is 44.4 cm³/mol. The second kappa shape index (κ2) is 3.43. The number of likely N-dealkylation sites (tertiary alicyclic amines) is 1. The van der Waals surface area contributed by atoms with Crippen LogP contribution in [0.3, 0.4) is 0 Å². The zero-order valence-corrected chi connectivity index (χ0v) is 7.61. The van der Waals surface area contributed by atoms with Gasteiger partial charge in [-0.1, -0.05) is 0 Å². The first kappa shape index (κ1) is 9.23. The maximum absolute atomic E-state index is 12.4. The lowest BCUT2D eigenvalue weighted by atomic mass is 10.2. The van der Waals surface area contributed by atoms with Crippen LogP contribution in [-0.2, 0) is 9.53 Å². The van der Waals surface area contributed by atoms with E-state index in [-0.39, 0.29) is 25.5 Å². The molecule has 14 heavy (non-hydrogen) atoms. The quantitative estimate of drug-likeness (QED) is 0.613. The molecule has 0 bridgehead atoms. The highest BCUT2D eigenvalue weighted by Crippen LogP contribution is 2.12. The minimum atomic E-state index is -0.899. The minimum Gasteiger partial charge on any atom is -0.448 e. The Balaban J connectivity index is 1.79. The SMILES string of the molecule is O=C(CN1CCOC1=O)N1CC(F)C1. The highest BCUT2D eigenvalue weighted by Gasteiger charge is 2.33. The van der Waals surface area contributed by atoms with Crippen LogP contribution in [0.25, 0.3) is 0 Å². The van der Waals surface area contributed by atoms with Crippen LogP contribution in [-0.4, -0.2) is 60.8 Å². The van der Waals surface area contributed by atoms with Crippen molar-refractivity contribution in [2.24, 2.45) is 0 Å². The third-order valence-electron chi connectivity index (χ3n) is 2.36. The zero-order valence-electron chi connectivity index (χ0n) is 7.61. The molecule has 0 aliphatic carbocycles. The van der Waals surface area contributed by atoms with Crippen molar-refractivity contribution >= 4 is 12.0 Å². The molecule has 2 aliphatic heterocycles. The predicted octanol–water partition coefficient (Wildman–Crippen LogP) is -0.381. The minimum absolute atomic E-state index is 0.00551. The number of carbonyl (C=O) groups excluding carboxylic acids is 2. The number of rotatable bonds is 2. The van der Waals surface area contributed by atoms with Gasteiger partial charge in [0.15, 0.2) is 0 Å². The molecule has 2 rings (SSSR count). The maximum atomic E-state index is 12.4. The van der Waals surface area contributed by atoms with E-state index in [1.54, 1.807) is 0 Å². The lowest BCUT2D eigenvalue weighted by Crippen LogP contribution is -2.54. The van der Waals surface area contributed by atoms with Gasteiger partial charge in [-0.3, -0.25) is 9.69 Å². The van der Waals surface area contributed by atoms with Crippen molar-refractivity contribution < 1.29 is 18.7 Å². The van der Waals surface area contributed by atoms with E-state index in [2.05, 4.69) is 4.74 Å². The summed E-state index contributed by atoms with van der Waals surface area (Å²) in [5, 5.41) is 0. The van der Waals surface area contributed by atoms with Crippen LogP contribution in [0.5, 0.6) is 0 Å². The number of hydrogen-bond donors (Lipinski definition) is 0. The molecule has 2 heterocycles. The number of alkyl halides is 1. The van der Waals surface area contributed by atoms with E-state index in [0.29, 0.717) is 13.2 Å². The lowest BCUT2D eigenvalue weighted by molar-refractivity contribution is -0.138. The monoisotopic (exact) mass is 202 g/mol. The number of halogens is 1. The summed E-state index contributed by atoms with van der Waals surface area (Å²) in [6.45, 7) is 1.09. The molecule has 6 heteroatoms. The molecule has 2 aliphatic rings. The third-order valence-corrected chi connectivity index (χ3v) is 2.36. The summed E-state index contributed by atoms with van der Waals surface area (Å²) in [4.78, 5) is 25.1. The second-order valence-corrected chi connectivity index (χ2v) is 3.43. The number of nitrogens with zero attached hydrogens (tertiary/aromatic N) is 2. The average Bonchev–Trinajstić information content (AvgIpc) is 2.46. The Bertz CT molecular complexity index is 265. The van der Waals surface area contributed by atoms with Crippen LogP contribution in [0.4, 0.5) is 9.18 Å². The molecule has 78 valence electrons. The molecule has 0 unspecified atom stereocenters. The normalized spacial score (nSPS) is 22.2. The molecular weight excluding hydrogens is 191 g/mol. The number of amides is 2. The van der Waals surface area contributed by atoms with Gasteiger partial charge < -0.3 is 9.64 Å². The highest BCUT2D eigenvalue weighted by atomic mass is 19.1. The molecule has 2 fully saturated rings. The lowest BCUT2D eigenvalue weighted by Gasteiger charge is -2.35. The second-order valence-electron chi connectivity index (χ2n) is 3.43. The fourth-order valence-electron chi connectivity index (χ4n) is 1.46. The van der Waals surface area contributed by atoms with Crippen LogP contribution in [0.15, 0.2) is 0 Å². The van der Waals surface area contributed by atoms with Gasteiger partial charge in [-0.15, -0.1) is 0 Å². The Labute approximate surface area is 80.4 Å². The number of carbonyl (C=O) groups is 2. The Kier molecular flexibility index (Phi) is 2.26. The smallest absolute Gasteiger partial charge is 0.410 e. The molecule has 0 aromatic carbocycles. The van der Waals surface area contributed by atoms with Crippen LogP contribution >= 0.6 is 0 Å². The average molecular weight is 202 g/mol. The van der Waals surface area contributed by atoms with E-state index >= 15 is 0 Å². The van der Waals surface area contributed by atoms with E-state index in [1.165, 1.54) is 9.80 Å². The number of cyclic esters (lactones) is 1. The van der Waals surface area contributed by atoms with E-state index < -0.39 is 12.3 Å². The van der Waals surface area contributed by atoms with Gasteiger partial charge in [0.25, 0.3) is 0 Å². The Morgan fingerprint density at radius 2 is 2.29 bits per heavy atom. The van der Waals surface area contributed by atoms with Crippen molar-refractivity contribution in [2.75, 3.05) is 32.8 Å². The van der Waals surface area contributed by atoms with Crippen molar-refractivity contribution in [1.82, 2.24) is 9.80 Å². The summed E-state index contributed by atoms with van der Waals surface area (Å²) in [6.07, 6.45) is -1.36. The maximum Gasteiger partial charge on any atom is 0.410 e. The Hall–Kier alpha value is -1.33. The van der Waals surface area contributed by atoms with E-state index in [0.717, 1.165) is 0 Å². The van der Waals surface area contributed by atoms with Gasteiger partial charge in [0.2, 0.25) is 5.91 Å². The summed E-state index contributed by atoms with van der Waals surface area (Å²) < 4.78 is 17.1. The van der Waals surface area contributed by atoms with Crippen molar-refractivity contribution in [3.8, 4) is 0 Å². The van der Waals surface area contributed by atoms with Gasteiger partial charge in [0, 0.05) is 0 Å². The fourth-order valence-corrected chi connectivity index (χ4v) is 1.46. The van der Waals surface area contributed by atoms with Crippen molar-refractivity contribution in [3.63, 3.8) is 0 Å². The van der Waals surface area contributed by atoms with Gasteiger partial charge in [0.1, 0.15) is 19.3 Å². The molecule has 0 spiro atoms. The number of hydrogen-bond acceptors (Lipinski definition) is 3. The van der Waals surface area contributed by atoms with Gasteiger partial charge >= 0.3 is 6.09 Å². The van der Waals surface area contributed by atoms with Crippen LogP contribution < -0.4 is 0 Å². The standard InChI is InChI=1S/C8H11FN2O3/c9-6-3-11(4-6)7(12)5-10-1-2-14-8(10)13/h6H,1-5H2. The molecule has 5 nitrogen and oxygen atoms in total. The van der Waals surface area contributed by atoms with Gasteiger partial charge in [-0.05, 0) is 0 Å². The van der Waals surface area contributed by atoms with Crippen molar-refractivity contribution in [1.29, 1.82) is 0 Å². The summed E-state index contributed by atoms with van der Waals surface area (Å²) >= 11 is 0. The molecule has 2 amide bonds. The van der Waals surface area contributed by atoms with Crippen molar-refractivity contribution in [3.05, 3.63) is 0 Å². The molecule has 0 aromatic rings. The molecule has 0 atom stereocenters. The molecular formula is C8H11FN2O3. The summed E-state index contributed by atoms with van der Waals surface area (Å²) in [7, 11) is 0. The zero-order chi connectivity index (χ0) is 10.1. The fraction of sp³-hybridized carbons (Fsp3) is 0.750.